The van der Waals surface area contributed by atoms with Crippen molar-refractivity contribution in [3.05, 3.63) is 11.1 Å². The summed E-state index contributed by atoms with van der Waals surface area (Å²) in [5, 5.41) is 3.36. The monoisotopic (exact) mass is 125 g/mol. The second-order valence-corrected chi connectivity index (χ2v) is 2.66. The van der Waals surface area contributed by atoms with Crippen LogP contribution in [0.25, 0.3) is 0 Å². The van der Waals surface area contributed by atoms with Crippen molar-refractivity contribution in [2.24, 2.45) is 0 Å². The van der Waals surface area contributed by atoms with E-state index in [1.165, 1.54) is 19.4 Å². The number of rotatable bonds is 1. The summed E-state index contributed by atoms with van der Waals surface area (Å²) >= 11 is 0. The predicted molar refractivity (Wildman–Crippen MR) is 40.5 cm³/mol. The first-order valence-corrected chi connectivity index (χ1v) is 3.72. The summed E-state index contributed by atoms with van der Waals surface area (Å²) in [7, 11) is 0. The molecule has 1 aliphatic heterocycles. The molecule has 1 heterocycles. The lowest BCUT2D eigenvalue weighted by Gasteiger charge is -2.17. The minimum absolute atomic E-state index is 1.13. The topological polar surface area (TPSA) is 12.0 Å². The Morgan fingerprint density at radius 3 is 2.78 bits per heavy atom. The molecular weight excluding hydrogens is 110 g/mol. The van der Waals surface area contributed by atoms with E-state index in [1.54, 1.807) is 11.1 Å². The summed E-state index contributed by atoms with van der Waals surface area (Å²) in [5.74, 6) is 0. The molecule has 1 N–H and O–H groups in total. The Morgan fingerprint density at radius 1 is 1.56 bits per heavy atom. The van der Waals surface area contributed by atoms with Gasteiger partial charge in [-0.2, -0.15) is 0 Å². The molecule has 1 aliphatic rings. The van der Waals surface area contributed by atoms with E-state index in [2.05, 4.69) is 19.2 Å². The van der Waals surface area contributed by atoms with Gasteiger partial charge in [-0.25, -0.2) is 0 Å². The zero-order chi connectivity index (χ0) is 6.69. The van der Waals surface area contributed by atoms with E-state index in [9.17, 15) is 0 Å². The van der Waals surface area contributed by atoms with Crippen LogP contribution < -0.4 is 5.32 Å². The first-order valence-electron chi connectivity index (χ1n) is 3.72. The summed E-state index contributed by atoms with van der Waals surface area (Å²) in [4.78, 5) is 0. The maximum atomic E-state index is 3.36. The van der Waals surface area contributed by atoms with Crippen LogP contribution in [0.3, 0.4) is 0 Å². The van der Waals surface area contributed by atoms with Crippen LogP contribution in [-0.2, 0) is 0 Å². The van der Waals surface area contributed by atoms with Gasteiger partial charge in [0.05, 0.1) is 0 Å². The molecule has 0 radical (unpaired) electrons. The summed E-state index contributed by atoms with van der Waals surface area (Å²) in [6, 6.07) is 0. The van der Waals surface area contributed by atoms with Crippen LogP contribution in [0.15, 0.2) is 11.1 Å². The van der Waals surface area contributed by atoms with Crippen LogP contribution in [-0.4, -0.2) is 13.1 Å². The SMILES string of the molecule is CCC1=C(C)CCNC1. The van der Waals surface area contributed by atoms with Crippen molar-refractivity contribution in [3.63, 3.8) is 0 Å². The average molecular weight is 125 g/mol. The Balaban J connectivity index is 2.59. The fraction of sp³-hybridized carbons (Fsp3) is 0.750. The summed E-state index contributed by atoms with van der Waals surface area (Å²) < 4.78 is 0. The summed E-state index contributed by atoms with van der Waals surface area (Å²) in [6.45, 7) is 6.78. The maximum Gasteiger partial charge on any atom is 0.0167 e. The lowest BCUT2D eigenvalue weighted by molar-refractivity contribution is 0.661. The zero-order valence-electron chi connectivity index (χ0n) is 6.33. The van der Waals surface area contributed by atoms with Gasteiger partial charge < -0.3 is 5.32 Å². The standard InChI is InChI=1S/C8H15N/c1-3-8-6-9-5-4-7(8)2/h9H,3-6H2,1-2H3. The molecule has 1 nitrogen and oxygen atoms in total. The average Bonchev–Trinajstić information content (AvgIpc) is 1.89. The third-order valence-corrected chi connectivity index (χ3v) is 2.05. The van der Waals surface area contributed by atoms with Gasteiger partial charge in [0.25, 0.3) is 0 Å². The molecule has 0 unspecified atom stereocenters. The molecule has 0 spiro atoms. The molecule has 0 aromatic heterocycles. The highest BCUT2D eigenvalue weighted by molar-refractivity contribution is 5.16. The highest BCUT2D eigenvalue weighted by atomic mass is 14.9. The smallest absolute Gasteiger partial charge is 0.0167 e. The van der Waals surface area contributed by atoms with Gasteiger partial charge in [0, 0.05) is 6.54 Å². The first-order chi connectivity index (χ1) is 4.34. The van der Waals surface area contributed by atoms with Crippen molar-refractivity contribution in [1.29, 1.82) is 0 Å². The normalized spacial score (nSPS) is 20.7. The highest BCUT2D eigenvalue weighted by Crippen LogP contribution is 2.13. The number of hydrogen-bond donors (Lipinski definition) is 1. The Hall–Kier alpha value is -0.300. The van der Waals surface area contributed by atoms with E-state index < -0.39 is 0 Å². The number of hydrogen-bond acceptors (Lipinski definition) is 1. The first kappa shape index (κ1) is 6.81. The van der Waals surface area contributed by atoms with E-state index in [0.29, 0.717) is 0 Å². The van der Waals surface area contributed by atoms with E-state index in [1.807, 2.05) is 0 Å². The molecule has 0 bridgehead atoms. The Kier molecular flexibility index (Phi) is 2.29. The third-order valence-electron chi connectivity index (χ3n) is 2.05. The van der Waals surface area contributed by atoms with Crippen LogP contribution in [0.5, 0.6) is 0 Å². The molecule has 1 heteroatoms. The summed E-state index contributed by atoms with van der Waals surface area (Å²) in [5.41, 5.74) is 3.22. The quantitative estimate of drug-likeness (QED) is 0.526. The van der Waals surface area contributed by atoms with Crippen LogP contribution in [0.1, 0.15) is 26.7 Å². The lowest BCUT2D eigenvalue weighted by atomic mass is 10.0. The van der Waals surface area contributed by atoms with Gasteiger partial charge in [-0.05, 0) is 26.3 Å². The minimum Gasteiger partial charge on any atom is -0.313 e. The highest BCUT2D eigenvalue weighted by Gasteiger charge is 2.04. The van der Waals surface area contributed by atoms with Crippen LogP contribution in [0.2, 0.25) is 0 Å². The minimum atomic E-state index is 1.13. The molecule has 1 rings (SSSR count). The lowest BCUT2D eigenvalue weighted by Crippen LogP contribution is -2.24. The van der Waals surface area contributed by atoms with E-state index >= 15 is 0 Å². The van der Waals surface area contributed by atoms with Gasteiger partial charge in [0.15, 0.2) is 0 Å². The van der Waals surface area contributed by atoms with Crippen molar-refractivity contribution in [1.82, 2.24) is 5.32 Å². The second kappa shape index (κ2) is 3.02. The molecule has 52 valence electrons. The van der Waals surface area contributed by atoms with E-state index in [-0.39, 0.29) is 0 Å². The van der Waals surface area contributed by atoms with Crippen LogP contribution in [0, 0.1) is 0 Å². The fourth-order valence-electron chi connectivity index (χ4n) is 1.27. The molecule has 0 saturated heterocycles. The molecule has 0 aliphatic carbocycles. The summed E-state index contributed by atoms with van der Waals surface area (Å²) in [6.07, 6.45) is 2.47. The van der Waals surface area contributed by atoms with Crippen molar-refractivity contribution in [2.45, 2.75) is 26.7 Å². The molecule has 0 aromatic rings. The maximum absolute atomic E-state index is 3.36. The largest absolute Gasteiger partial charge is 0.313 e. The van der Waals surface area contributed by atoms with Crippen LogP contribution >= 0.6 is 0 Å². The van der Waals surface area contributed by atoms with Gasteiger partial charge in [0.2, 0.25) is 0 Å². The van der Waals surface area contributed by atoms with Crippen molar-refractivity contribution in [2.75, 3.05) is 13.1 Å². The van der Waals surface area contributed by atoms with Gasteiger partial charge in [-0.15, -0.1) is 0 Å². The Bertz CT molecular complexity index is 125. The van der Waals surface area contributed by atoms with Crippen LogP contribution in [0.4, 0.5) is 0 Å². The third kappa shape index (κ3) is 1.55. The zero-order valence-corrected chi connectivity index (χ0v) is 6.33. The molecule has 0 fully saturated rings. The second-order valence-electron chi connectivity index (χ2n) is 2.66. The van der Waals surface area contributed by atoms with Crippen molar-refractivity contribution in [3.8, 4) is 0 Å². The van der Waals surface area contributed by atoms with Gasteiger partial charge in [-0.1, -0.05) is 18.1 Å². The molecule has 9 heavy (non-hydrogen) atoms. The Labute approximate surface area is 57.1 Å². The van der Waals surface area contributed by atoms with Gasteiger partial charge >= 0.3 is 0 Å². The van der Waals surface area contributed by atoms with Crippen molar-refractivity contribution >= 4 is 0 Å². The molecule has 0 aromatic carbocycles. The number of nitrogens with one attached hydrogen (secondary N) is 1. The van der Waals surface area contributed by atoms with Crippen molar-refractivity contribution < 1.29 is 0 Å². The van der Waals surface area contributed by atoms with Gasteiger partial charge in [-0.3, -0.25) is 0 Å². The Morgan fingerprint density at radius 2 is 2.33 bits per heavy atom. The van der Waals surface area contributed by atoms with Gasteiger partial charge in [0.1, 0.15) is 0 Å². The molecule has 0 atom stereocenters. The molecule has 0 saturated carbocycles. The van der Waals surface area contributed by atoms with E-state index in [0.717, 1.165) is 6.54 Å². The van der Waals surface area contributed by atoms with E-state index in [4.69, 9.17) is 0 Å². The molecule has 0 amide bonds. The fourth-order valence-corrected chi connectivity index (χ4v) is 1.27. The molecular formula is C8H15N. The predicted octanol–water partition coefficient (Wildman–Crippen LogP) is 1.71.